The number of rotatable bonds is 3. The summed E-state index contributed by atoms with van der Waals surface area (Å²) in [6.07, 6.45) is 0. The molecule has 3 heterocycles. The van der Waals surface area contributed by atoms with Gasteiger partial charge >= 0.3 is 0 Å². The fourth-order valence-corrected chi connectivity index (χ4v) is 3.66. The Morgan fingerprint density at radius 3 is 2.77 bits per heavy atom. The minimum absolute atomic E-state index is 0.00527. The topological polar surface area (TPSA) is 131 Å². The molecule has 1 unspecified atom stereocenters. The highest BCUT2D eigenvalue weighted by Gasteiger charge is 2.34. The van der Waals surface area contributed by atoms with Crippen LogP contribution >= 0.6 is 11.6 Å². The van der Waals surface area contributed by atoms with Crippen LogP contribution in [0.1, 0.15) is 17.2 Å². The molecule has 5 rings (SSSR count). The minimum Gasteiger partial charge on any atom is -0.504 e. The van der Waals surface area contributed by atoms with Crippen molar-refractivity contribution in [1.82, 2.24) is 30.4 Å². The summed E-state index contributed by atoms with van der Waals surface area (Å²) in [6, 6.07) is 11.4. The first-order valence-electron chi connectivity index (χ1n) is 8.87. The van der Waals surface area contributed by atoms with Gasteiger partial charge in [0, 0.05) is 16.1 Å². The van der Waals surface area contributed by atoms with E-state index in [2.05, 4.69) is 31.0 Å². The van der Waals surface area contributed by atoms with Crippen molar-refractivity contribution in [2.75, 3.05) is 12.4 Å². The summed E-state index contributed by atoms with van der Waals surface area (Å²) >= 11 is 6.03. The van der Waals surface area contributed by atoms with Gasteiger partial charge in [-0.2, -0.15) is 9.78 Å². The molecule has 1 aliphatic rings. The normalized spacial score (nSPS) is 14.5. The van der Waals surface area contributed by atoms with Crippen LogP contribution in [-0.4, -0.2) is 42.6 Å². The van der Waals surface area contributed by atoms with E-state index in [4.69, 9.17) is 16.3 Å². The first-order valence-corrected chi connectivity index (χ1v) is 9.25. The molecule has 0 aliphatic carbocycles. The van der Waals surface area contributed by atoms with Crippen LogP contribution in [0, 0.1) is 0 Å². The van der Waals surface area contributed by atoms with Crippen LogP contribution in [0.15, 0.2) is 47.3 Å². The van der Waals surface area contributed by atoms with Gasteiger partial charge in [0.1, 0.15) is 11.7 Å². The molecule has 30 heavy (non-hydrogen) atoms. The minimum atomic E-state index is -0.596. The third-order valence-corrected chi connectivity index (χ3v) is 5.16. The molecule has 0 radical (unpaired) electrons. The van der Waals surface area contributed by atoms with E-state index in [1.54, 1.807) is 28.9 Å². The van der Waals surface area contributed by atoms with Crippen molar-refractivity contribution < 1.29 is 9.84 Å². The monoisotopic (exact) mass is 423 g/mol. The van der Waals surface area contributed by atoms with Gasteiger partial charge in [-0.05, 0) is 40.3 Å². The Morgan fingerprint density at radius 1 is 1.20 bits per heavy atom. The third-order valence-electron chi connectivity index (χ3n) is 4.91. The third kappa shape index (κ3) is 2.77. The second kappa shape index (κ2) is 6.85. The molecule has 1 atom stereocenters. The second-order valence-corrected chi connectivity index (χ2v) is 7.04. The highest BCUT2D eigenvalue weighted by Crippen LogP contribution is 2.42. The maximum absolute atomic E-state index is 12.6. The molecule has 3 N–H and O–H groups in total. The quantitative estimate of drug-likeness (QED) is 0.403. The molecule has 4 aromatic rings. The van der Waals surface area contributed by atoms with Crippen molar-refractivity contribution in [3.8, 4) is 22.8 Å². The lowest BCUT2D eigenvalue weighted by atomic mass is 9.92. The number of aromatic nitrogens is 6. The summed E-state index contributed by atoms with van der Waals surface area (Å²) in [6.45, 7) is 0. The zero-order valence-corrected chi connectivity index (χ0v) is 16.3. The number of phenolic OH excluding ortho intramolecular Hbond substituents is 1. The van der Waals surface area contributed by atoms with E-state index in [0.717, 1.165) is 5.56 Å². The fraction of sp³-hybridized carbons (Fsp3) is 0.105. The van der Waals surface area contributed by atoms with E-state index in [-0.39, 0.29) is 17.2 Å². The van der Waals surface area contributed by atoms with Crippen molar-refractivity contribution >= 4 is 23.2 Å². The van der Waals surface area contributed by atoms with Crippen molar-refractivity contribution in [2.45, 2.75) is 6.04 Å². The number of tetrazole rings is 1. The Morgan fingerprint density at radius 2 is 2.00 bits per heavy atom. The Balaban J connectivity index is 1.81. The summed E-state index contributed by atoms with van der Waals surface area (Å²) in [4.78, 5) is 12.6. The van der Waals surface area contributed by atoms with Crippen LogP contribution in [0.25, 0.3) is 11.3 Å². The molecule has 0 saturated heterocycles. The Kier molecular flexibility index (Phi) is 4.14. The number of nitrogens with zero attached hydrogens (tertiary/aromatic N) is 5. The average Bonchev–Trinajstić information content (AvgIpc) is 3.22. The maximum Gasteiger partial charge on any atom is 0.288 e. The number of aromatic amines is 1. The van der Waals surface area contributed by atoms with Gasteiger partial charge in [0.05, 0.1) is 12.8 Å². The number of phenols is 1. The molecule has 11 heteroatoms. The van der Waals surface area contributed by atoms with Crippen LogP contribution < -0.4 is 15.6 Å². The number of ether oxygens (including phenoxy) is 1. The van der Waals surface area contributed by atoms with Crippen LogP contribution in [0.3, 0.4) is 0 Å². The second-order valence-electron chi connectivity index (χ2n) is 6.60. The van der Waals surface area contributed by atoms with E-state index in [1.807, 2.05) is 12.1 Å². The smallest absolute Gasteiger partial charge is 0.288 e. The maximum atomic E-state index is 12.6. The molecule has 0 amide bonds. The lowest BCUT2D eigenvalue weighted by molar-refractivity contribution is 0.372. The number of methoxy groups -OCH3 is 1. The van der Waals surface area contributed by atoms with Crippen molar-refractivity contribution in [3.05, 3.63) is 69.0 Å². The van der Waals surface area contributed by atoms with Gasteiger partial charge < -0.3 is 15.2 Å². The number of benzene rings is 2. The molecule has 0 spiro atoms. The predicted molar refractivity (Wildman–Crippen MR) is 108 cm³/mol. The number of halogens is 1. The van der Waals surface area contributed by atoms with Gasteiger partial charge in [-0.25, -0.2) is 5.10 Å². The molecule has 0 fully saturated rings. The fourth-order valence-electron chi connectivity index (χ4n) is 3.54. The molecule has 2 aromatic heterocycles. The molecule has 2 aromatic carbocycles. The number of nitrogens with one attached hydrogen (secondary N) is 2. The van der Waals surface area contributed by atoms with Crippen molar-refractivity contribution in [2.24, 2.45) is 0 Å². The van der Waals surface area contributed by atoms with E-state index in [9.17, 15) is 9.90 Å². The van der Waals surface area contributed by atoms with Crippen LogP contribution in [0.4, 0.5) is 11.6 Å². The summed E-state index contributed by atoms with van der Waals surface area (Å²) in [7, 11) is 1.46. The SMILES string of the molecule is COc1cc(C2c3c(-c4ccc(Cl)cc4)n[nH]c(=O)c3Nc3nnnn32)ccc1O. The van der Waals surface area contributed by atoms with Gasteiger partial charge in [-0.3, -0.25) is 4.79 Å². The number of aromatic hydroxyl groups is 1. The summed E-state index contributed by atoms with van der Waals surface area (Å²) in [5.41, 5.74) is 2.44. The molecule has 1 aliphatic heterocycles. The van der Waals surface area contributed by atoms with Gasteiger partial charge in [-0.15, -0.1) is 0 Å². The Labute approximate surface area is 174 Å². The predicted octanol–water partition coefficient (Wildman–Crippen LogP) is 2.49. The molecule has 0 bridgehead atoms. The number of fused-ring (bicyclic) bond motifs is 2. The highest BCUT2D eigenvalue weighted by atomic mass is 35.5. The number of hydrogen-bond donors (Lipinski definition) is 3. The lowest BCUT2D eigenvalue weighted by Crippen LogP contribution is -2.29. The van der Waals surface area contributed by atoms with E-state index in [0.29, 0.717) is 27.8 Å². The van der Waals surface area contributed by atoms with E-state index in [1.165, 1.54) is 13.2 Å². The molecule has 0 saturated carbocycles. The van der Waals surface area contributed by atoms with Crippen LogP contribution in [0.2, 0.25) is 5.02 Å². The summed E-state index contributed by atoms with van der Waals surface area (Å²) in [5.74, 6) is 0.584. The highest BCUT2D eigenvalue weighted by molar-refractivity contribution is 6.30. The molecular formula is C19H14ClN7O3. The van der Waals surface area contributed by atoms with Crippen molar-refractivity contribution in [3.63, 3.8) is 0 Å². The van der Waals surface area contributed by atoms with E-state index >= 15 is 0 Å². The number of H-pyrrole nitrogens is 1. The summed E-state index contributed by atoms with van der Waals surface area (Å²) in [5, 5.41) is 32.2. The molecule has 150 valence electrons. The largest absolute Gasteiger partial charge is 0.504 e. The van der Waals surface area contributed by atoms with Gasteiger partial charge in [0.25, 0.3) is 5.56 Å². The molecular weight excluding hydrogens is 410 g/mol. The van der Waals surface area contributed by atoms with Crippen molar-refractivity contribution in [1.29, 1.82) is 0 Å². The van der Waals surface area contributed by atoms with Gasteiger partial charge in [0.15, 0.2) is 11.5 Å². The first kappa shape index (κ1) is 18.1. The van der Waals surface area contributed by atoms with Crippen LogP contribution in [-0.2, 0) is 0 Å². The zero-order valence-electron chi connectivity index (χ0n) is 15.5. The standard InChI is InChI=1S/C19H14ClN7O3/c1-30-13-8-10(4-7-12(13)28)17-14-15(9-2-5-11(20)6-3-9)22-23-18(29)16(14)21-19-24-25-26-27(17)19/h2-8,17,28H,1H3,(H,23,29)(H,21,24,26). The van der Waals surface area contributed by atoms with Crippen LogP contribution in [0.5, 0.6) is 11.5 Å². The number of anilines is 2. The number of hydrogen-bond acceptors (Lipinski definition) is 8. The Hall–Kier alpha value is -3.92. The lowest BCUT2D eigenvalue weighted by Gasteiger charge is -2.28. The average molecular weight is 424 g/mol. The van der Waals surface area contributed by atoms with Gasteiger partial charge in [-0.1, -0.05) is 34.9 Å². The summed E-state index contributed by atoms with van der Waals surface area (Å²) < 4.78 is 6.81. The van der Waals surface area contributed by atoms with Gasteiger partial charge in [0.2, 0.25) is 5.95 Å². The van der Waals surface area contributed by atoms with E-state index < -0.39 is 11.6 Å². The first-order chi connectivity index (χ1) is 14.6. The zero-order chi connectivity index (χ0) is 20.8. The molecule has 10 nitrogen and oxygen atoms in total. The Bertz CT molecular complexity index is 1320.